The SMILES string of the molecule is CCN(CCCF)c1ccc(Nc2cnc(-c3cnc4c(F)cccn34)c3c2C(=O)NC3)nc1. The molecule has 34 heavy (non-hydrogen) atoms. The van der Waals surface area contributed by atoms with E-state index in [0.29, 0.717) is 53.5 Å². The molecule has 4 aromatic heterocycles. The van der Waals surface area contributed by atoms with Gasteiger partial charge < -0.3 is 15.5 Å². The molecule has 0 atom stereocenters. The Morgan fingerprint density at radius 3 is 2.82 bits per heavy atom. The third-order valence-electron chi connectivity index (χ3n) is 5.88. The van der Waals surface area contributed by atoms with Crippen LogP contribution in [-0.2, 0) is 6.54 Å². The summed E-state index contributed by atoms with van der Waals surface area (Å²) in [7, 11) is 0. The van der Waals surface area contributed by atoms with Crippen LogP contribution in [0.2, 0.25) is 0 Å². The van der Waals surface area contributed by atoms with Crippen molar-refractivity contribution < 1.29 is 13.6 Å². The summed E-state index contributed by atoms with van der Waals surface area (Å²) in [6.07, 6.45) is 7.03. The molecule has 174 valence electrons. The number of hydrogen-bond acceptors (Lipinski definition) is 6. The Balaban J connectivity index is 1.47. The van der Waals surface area contributed by atoms with E-state index in [-0.39, 0.29) is 18.2 Å². The highest BCUT2D eigenvalue weighted by atomic mass is 19.1. The van der Waals surface area contributed by atoms with E-state index in [0.717, 1.165) is 12.2 Å². The van der Waals surface area contributed by atoms with Gasteiger partial charge >= 0.3 is 0 Å². The molecule has 0 saturated carbocycles. The summed E-state index contributed by atoms with van der Waals surface area (Å²) in [5, 5.41) is 6.03. The van der Waals surface area contributed by atoms with E-state index < -0.39 is 5.82 Å². The van der Waals surface area contributed by atoms with Crippen LogP contribution in [0.5, 0.6) is 0 Å². The van der Waals surface area contributed by atoms with Crippen LogP contribution in [0.4, 0.5) is 26.0 Å². The summed E-state index contributed by atoms with van der Waals surface area (Å²) in [4.78, 5) is 28.0. The second-order valence-corrected chi connectivity index (χ2v) is 7.90. The van der Waals surface area contributed by atoms with Crippen LogP contribution in [0.1, 0.15) is 29.3 Å². The number of nitrogens with one attached hydrogen (secondary N) is 2. The van der Waals surface area contributed by atoms with Crippen molar-refractivity contribution >= 4 is 28.7 Å². The molecule has 0 spiro atoms. The number of pyridine rings is 3. The van der Waals surface area contributed by atoms with E-state index in [1.54, 1.807) is 35.3 Å². The topological polar surface area (TPSA) is 87.4 Å². The van der Waals surface area contributed by atoms with E-state index in [9.17, 15) is 13.6 Å². The molecule has 4 aromatic rings. The van der Waals surface area contributed by atoms with Crippen LogP contribution < -0.4 is 15.5 Å². The number of amides is 1. The van der Waals surface area contributed by atoms with Gasteiger partial charge in [0.15, 0.2) is 11.5 Å². The van der Waals surface area contributed by atoms with Gasteiger partial charge in [0, 0.05) is 31.4 Å². The maximum absolute atomic E-state index is 14.1. The summed E-state index contributed by atoms with van der Waals surface area (Å²) in [5.74, 6) is -0.0986. The van der Waals surface area contributed by atoms with Gasteiger partial charge in [-0.1, -0.05) is 0 Å². The van der Waals surface area contributed by atoms with Crippen molar-refractivity contribution in [1.29, 1.82) is 0 Å². The largest absolute Gasteiger partial charge is 0.370 e. The van der Waals surface area contributed by atoms with Crippen molar-refractivity contribution in [3.05, 3.63) is 66.0 Å². The van der Waals surface area contributed by atoms with Crippen LogP contribution in [0.15, 0.2) is 49.1 Å². The van der Waals surface area contributed by atoms with Crippen molar-refractivity contribution in [2.75, 3.05) is 30.0 Å². The van der Waals surface area contributed by atoms with Crippen molar-refractivity contribution in [3.63, 3.8) is 0 Å². The summed E-state index contributed by atoms with van der Waals surface area (Å²) in [6, 6.07) is 6.67. The van der Waals surface area contributed by atoms with Crippen molar-refractivity contribution in [2.24, 2.45) is 0 Å². The molecule has 10 heteroatoms. The fourth-order valence-electron chi connectivity index (χ4n) is 4.21. The second-order valence-electron chi connectivity index (χ2n) is 7.90. The number of hydrogen-bond donors (Lipinski definition) is 2. The van der Waals surface area contributed by atoms with Gasteiger partial charge in [0.1, 0.15) is 5.82 Å². The fraction of sp³-hybridized carbons (Fsp3) is 0.250. The molecule has 0 radical (unpaired) electrons. The van der Waals surface area contributed by atoms with Gasteiger partial charge in [-0.2, -0.15) is 0 Å². The molecule has 1 amide bonds. The van der Waals surface area contributed by atoms with E-state index in [4.69, 9.17) is 0 Å². The first-order valence-corrected chi connectivity index (χ1v) is 11.1. The quantitative estimate of drug-likeness (QED) is 0.409. The minimum atomic E-state index is -0.432. The molecule has 5 rings (SSSR count). The lowest BCUT2D eigenvalue weighted by Crippen LogP contribution is -2.24. The molecular weight excluding hydrogens is 440 g/mol. The van der Waals surface area contributed by atoms with E-state index in [2.05, 4.69) is 30.5 Å². The van der Waals surface area contributed by atoms with Gasteiger partial charge in [0.05, 0.1) is 53.6 Å². The molecule has 8 nitrogen and oxygen atoms in total. The minimum absolute atomic E-state index is 0.199. The van der Waals surface area contributed by atoms with Gasteiger partial charge in [-0.15, -0.1) is 0 Å². The zero-order valence-electron chi connectivity index (χ0n) is 18.6. The summed E-state index contributed by atoms with van der Waals surface area (Å²) in [5.41, 5.74) is 3.97. The van der Waals surface area contributed by atoms with Gasteiger partial charge in [-0.25, -0.2) is 14.4 Å². The Kier molecular flexibility index (Phi) is 5.79. The Labute approximate surface area is 194 Å². The number of anilines is 3. The van der Waals surface area contributed by atoms with Gasteiger partial charge in [0.2, 0.25) is 0 Å². The van der Waals surface area contributed by atoms with E-state index in [1.165, 1.54) is 6.07 Å². The van der Waals surface area contributed by atoms with Gasteiger partial charge in [-0.3, -0.25) is 18.6 Å². The number of imidazole rings is 1. The highest BCUT2D eigenvalue weighted by molar-refractivity contribution is 6.05. The average Bonchev–Trinajstić information content (AvgIpc) is 3.46. The van der Waals surface area contributed by atoms with Gasteiger partial charge in [-0.05, 0) is 37.6 Å². The number of alkyl halides is 1. The van der Waals surface area contributed by atoms with Crippen molar-refractivity contribution in [2.45, 2.75) is 19.9 Å². The Morgan fingerprint density at radius 1 is 1.18 bits per heavy atom. The molecule has 1 aliphatic rings. The highest BCUT2D eigenvalue weighted by Crippen LogP contribution is 2.33. The number of aromatic nitrogens is 4. The molecule has 0 saturated heterocycles. The zero-order valence-corrected chi connectivity index (χ0v) is 18.6. The number of carbonyl (C=O) groups is 1. The summed E-state index contributed by atoms with van der Waals surface area (Å²) >= 11 is 0. The lowest BCUT2D eigenvalue weighted by atomic mass is 10.1. The first-order chi connectivity index (χ1) is 16.6. The number of rotatable bonds is 8. The first kappa shape index (κ1) is 21.7. The molecule has 2 N–H and O–H groups in total. The summed E-state index contributed by atoms with van der Waals surface area (Å²) in [6.45, 7) is 3.33. The third-order valence-corrected chi connectivity index (χ3v) is 5.88. The predicted octanol–water partition coefficient (Wildman–Crippen LogP) is 4.10. The highest BCUT2D eigenvalue weighted by Gasteiger charge is 2.28. The predicted molar refractivity (Wildman–Crippen MR) is 126 cm³/mol. The first-order valence-electron chi connectivity index (χ1n) is 11.1. The van der Waals surface area contributed by atoms with Crippen LogP contribution in [-0.4, -0.2) is 45.0 Å². The minimum Gasteiger partial charge on any atom is -0.370 e. The van der Waals surface area contributed by atoms with Crippen LogP contribution >= 0.6 is 0 Å². The van der Waals surface area contributed by atoms with E-state index in [1.807, 2.05) is 19.1 Å². The van der Waals surface area contributed by atoms with Gasteiger partial charge in [0.25, 0.3) is 5.91 Å². The lowest BCUT2D eigenvalue weighted by molar-refractivity contribution is 0.0966. The average molecular weight is 463 g/mol. The fourth-order valence-corrected chi connectivity index (χ4v) is 4.21. The molecule has 0 unspecified atom stereocenters. The molecule has 1 aliphatic heterocycles. The Bertz CT molecular complexity index is 1350. The number of nitrogens with zero attached hydrogens (tertiary/aromatic N) is 5. The van der Waals surface area contributed by atoms with Crippen LogP contribution in [0.25, 0.3) is 17.0 Å². The molecule has 0 aromatic carbocycles. The molecule has 5 heterocycles. The van der Waals surface area contributed by atoms with Crippen molar-refractivity contribution in [3.8, 4) is 11.4 Å². The Hall–Kier alpha value is -4.08. The second kappa shape index (κ2) is 9.05. The zero-order chi connectivity index (χ0) is 23.7. The standard InChI is InChI=1S/C24H23F2N7O/c1-2-32(9-4-8-25)15-6-7-20(27-11-15)31-18-13-28-22(16-12-30-24(34)21(16)18)19-14-29-23-17(26)5-3-10-33(19)23/h3,5-7,10-11,13-14H,2,4,8-9,12H2,1H3,(H,27,31)(H,30,34). The summed E-state index contributed by atoms with van der Waals surface area (Å²) < 4.78 is 28.3. The third kappa shape index (κ3) is 3.81. The Morgan fingerprint density at radius 2 is 2.06 bits per heavy atom. The van der Waals surface area contributed by atoms with Crippen LogP contribution in [0, 0.1) is 5.82 Å². The number of halogens is 2. The number of fused-ring (bicyclic) bond motifs is 2. The molecule has 0 fully saturated rings. The maximum atomic E-state index is 14.1. The molecule has 0 bridgehead atoms. The molecular formula is C24H23F2N7O. The van der Waals surface area contributed by atoms with E-state index >= 15 is 0 Å². The molecule has 0 aliphatic carbocycles. The normalized spacial score (nSPS) is 12.6. The smallest absolute Gasteiger partial charge is 0.254 e. The maximum Gasteiger partial charge on any atom is 0.254 e. The monoisotopic (exact) mass is 463 g/mol. The number of carbonyl (C=O) groups excluding carboxylic acids is 1. The van der Waals surface area contributed by atoms with Crippen molar-refractivity contribution in [1.82, 2.24) is 24.7 Å². The lowest BCUT2D eigenvalue weighted by Gasteiger charge is -2.22. The van der Waals surface area contributed by atoms with Crippen LogP contribution in [0.3, 0.4) is 0 Å².